The number of carbonyl (C=O) groups is 1. The fourth-order valence-corrected chi connectivity index (χ4v) is 2.31. The lowest BCUT2D eigenvalue weighted by Gasteiger charge is -2.35. The standard InChI is InChI=1S/C11H17N3O2/c1-13-7-5-12-11(13)14-6-3-2-4-9(14)8-10(15)16/h5,7,9H,2-4,6,8H2,1H3,(H,15,16). The van der Waals surface area contributed by atoms with E-state index in [-0.39, 0.29) is 12.5 Å². The first kappa shape index (κ1) is 11.0. The lowest BCUT2D eigenvalue weighted by Crippen LogP contribution is -2.42. The Hall–Kier alpha value is -1.52. The van der Waals surface area contributed by atoms with Crippen molar-refractivity contribution in [3.05, 3.63) is 12.4 Å². The van der Waals surface area contributed by atoms with Crippen molar-refractivity contribution >= 4 is 11.9 Å². The molecule has 0 saturated carbocycles. The fourth-order valence-electron chi connectivity index (χ4n) is 2.31. The molecule has 0 bridgehead atoms. The van der Waals surface area contributed by atoms with Gasteiger partial charge in [0.15, 0.2) is 0 Å². The molecule has 1 aliphatic rings. The monoisotopic (exact) mass is 223 g/mol. The minimum absolute atomic E-state index is 0.0901. The van der Waals surface area contributed by atoms with Crippen molar-refractivity contribution in [2.75, 3.05) is 11.4 Å². The molecule has 88 valence electrons. The van der Waals surface area contributed by atoms with Gasteiger partial charge in [-0.1, -0.05) is 0 Å². The highest BCUT2D eigenvalue weighted by Gasteiger charge is 2.26. The van der Waals surface area contributed by atoms with Gasteiger partial charge in [-0.25, -0.2) is 4.98 Å². The molecule has 2 rings (SSSR count). The maximum atomic E-state index is 10.8. The Bertz CT molecular complexity index is 375. The van der Waals surface area contributed by atoms with Gasteiger partial charge >= 0.3 is 5.97 Å². The summed E-state index contributed by atoms with van der Waals surface area (Å²) in [6.07, 6.45) is 7.01. The van der Waals surface area contributed by atoms with Gasteiger partial charge in [0.2, 0.25) is 5.95 Å². The second-order valence-corrected chi connectivity index (χ2v) is 4.28. The van der Waals surface area contributed by atoms with Crippen molar-refractivity contribution in [2.24, 2.45) is 7.05 Å². The van der Waals surface area contributed by atoms with Crippen LogP contribution < -0.4 is 4.90 Å². The van der Waals surface area contributed by atoms with Crippen molar-refractivity contribution < 1.29 is 9.90 Å². The quantitative estimate of drug-likeness (QED) is 0.838. The molecule has 1 saturated heterocycles. The predicted molar refractivity (Wildman–Crippen MR) is 60.4 cm³/mol. The number of nitrogens with zero attached hydrogens (tertiary/aromatic N) is 3. The van der Waals surface area contributed by atoms with Crippen LogP contribution in [-0.2, 0) is 11.8 Å². The largest absolute Gasteiger partial charge is 0.481 e. The zero-order chi connectivity index (χ0) is 11.5. The molecule has 1 atom stereocenters. The molecule has 1 aliphatic heterocycles. The predicted octanol–water partition coefficient (Wildman–Crippen LogP) is 1.25. The van der Waals surface area contributed by atoms with Gasteiger partial charge in [0.05, 0.1) is 6.42 Å². The van der Waals surface area contributed by atoms with E-state index in [9.17, 15) is 4.79 Å². The zero-order valence-corrected chi connectivity index (χ0v) is 9.46. The minimum Gasteiger partial charge on any atom is -0.481 e. The summed E-state index contributed by atoms with van der Waals surface area (Å²) in [5.41, 5.74) is 0. The Balaban J connectivity index is 2.16. The number of imidazole rings is 1. The molecular formula is C11H17N3O2. The third-order valence-corrected chi connectivity index (χ3v) is 3.09. The number of carboxylic acids is 1. The summed E-state index contributed by atoms with van der Waals surface area (Å²) in [5, 5.41) is 8.90. The van der Waals surface area contributed by atoms with E-state index < -0.39 is 5.97 Å². The molecule has 0 amide bonds. The summed E-state index contributed by atoms with van der Waals surface area (Å²) in [6.45, 7) is 0.906. The van der Waals surface area contributed by atoms with E-state index in [0.29, 0.717) is 0 Å². The first-order valence-corrected chi connectivity index (χ1v) is 5.64. The van der Waals surface area contributed by atoms with Crippen LogP contribution in [-0.4, -0.2) is 33.2 Å². The van der Waals surface area contributed by atoms with Crippen LogP contribution in [0.4, 0.5) is 5.95 Å². The summed E-state index contributed by atoms with van der Waals surface area (Å²) >= 11 is 0. The van der Waals surface area contributed by atoms with Gasteiger partial charge < -0.3 is 14.6 Å². The molecule has 2 heterocycles. The third-order valence-electron chi connectivity index (χ3n) is 3.09. The molecular weight excluding hydrogens is 206 g/mol. The van der Waals surface area contributed by atoms with Gasteiger partial charge in [-0.2, -0.15) is 0 Å². The summed E-state index contributed by atoms with van der Waals surface area (Å²) in [6, 6.07) is 0.0901. The summed E-state index contributed by atoms with van der Waals surface area (Å²) in [4.78, 5) is 17.2. The lowest BCUT2D eigenvalue weighted by molar-refractivity contribution is -0.137. The SMILES string of the molecule is Cn1ccnc1N1CCCCC1CC(=O)O. The van der Waals surface area contributed by atoms with E-state index in [0.717, 1.165) is 31.8 Å². The highest BCUT2D eigenvalue weighted by atomic mass is 16.4. The number of anilines is 1. The van der Waals surface area contributed by atoms with E-state index in [1.807, 2.05) is 17.8 Å². The molecule has 5 nitrogen and oxygen atoms in total. The third kappa shape index (κ3) is 2.18. The molecule has 1 aromatic heterocycles. The van der Waals surface area contributed by atoms with Crippen molar-refractivity contribution in [1.82, 2.24) is 9.55 Å². The maximum Gasteiger partial charge on any atom is 0.305 e. The summed E-state index contributed by atoms with van der Waals surface area (Å²) < 4.78 is 1.94. The molecule has 1 aromatic rings. The van der Waals surface area contributed by atoms with E-state index in [2.05, 4.69) is 9.88 Å². The molecule has 0 aliphatic carbocycles. The van der Waals surface area contributed by atoms with Crippen molar-refractivity contribution in [2.45, 2.75) is 31.7 Å². The number of rotatable bonds is 3. The van der Waals surface area contributed by atoms with Gasteiger partial charge in [-0.15, -0.1) is 0 Å². The average Bonchev–Trinajstić information content (AvgIpc) is 2.64. The van der Waals surface area contributed by atoms with E-state index in [1.54, 1.807) is 6.20 Å². The van der Waals surface area contributed by atoms with Crippen LogP contribution in [0.15, 0.2) is 12.4 Å². The highest BCUT2D eigenvalue weighted by molar-refractivity contribution is 5.68. The average molecular weight is 223 g/mol. The van der Waals surface area contributed by atoms with Crippen molar-refractivity contribution in [3.63, 3.8) is 0 Å². The van der Waals surface area contributed by atoms with Crippen LogP contribution in [0.5, 0.6) is 0 Å². The van der Waals surface area contributed by atoms with E-state index in [4.69, 9.17) is 5.11 Å². The molecule has 5 heteroatoms. The van der Waals surface area contributed by atoms with E-state index >= 15 is 0 Å². The summed E-state index contributed by atoms with van der Waals surface area (Å²) in [7, 11) is 1.94. The summed E-state index contributed by atoms with van der Waals surface area (Å²) in [5.74, 6) is 0.150. The molecule has 16 heavy (non-hydrogen) atoms. The number of aliphatic carboxylic acids is 1. The molecule has 1 N–H and O–H groups in total. The number of aromatic nitrogens is 2. The highest BCUT2D eigenvalue weighted by Crippen LogP contribution is 2.24. The number of piperidine rings is 1. The van der Waals surface area contributed by atoms with Crippen LogP contribution in [0.3, 0.4) is 0 Å². The molecule has 0 aromatic carbocycles. The number of aryl methyl sites for hydroxylation is 1. The topological polar surface area (TPSA) is 58.4 Å². The Labute approximate surface area is 94.7 Å². The number of carboxylic acid groups (broad SMARTS) is 1. The minimum atomic E-state index is -0.730. The maximum absolute atomic E-state index is 10.8. The van der Waals surface area contributed by atoms with Gasteiger partial charge in [-0.3, -0.25) is 4.79 Å². The van der Waals surface area contributed by atoms with Crippen LogP contribution in [0.2, 0.25) is 0 Å². The van der Waals surface area contributed by atoms with Crippen molar-refractivity contribution in [3.8, 4) is 0 Å². The first-order chi connectivity index (χ1) is 7.68. The number of hydrogen-bond donors (Lipinski definition) is 1. The number of hydrogen-bond acceptors (Lipinski definition) is 3. The molecule has 1 fully saturated rings. The second-order valence-electron chi connectivity index (χ2n) is 4.28. The molecule has 0 spiro atoms. The Morgan fingerprint density at radius 2 is 2.44 bits per heavy atom. The Morgan fingerprint density at radius 3 is 3.06 bits per heavy atom. The Kier molecular flexibility index (Phi) is 3.12. The van der Waals surface area contributed by atoms with Crippen LogP contribution in [0.25, 0.3) is 0 Å². The van der Waals surface area contributed by atoms with Crippen molar-refractivity contribution in [1.29, 1.82) is 0 Å². The normalized spacial score (nSPS) is 21.1. The zero-order valence-electron chi connectivity index (χ0n) is 9.46. The Morgan fingerprint density at radius 1 is 1.62 bits per heavy atom. The second kappa shape index (κ2) is 4.55. The fraction of sp³-hybridized carbons (Fsp3) is 0.636. The van der Waals surface area contributed by atoms with Gasteiger partial charge in [-0.05, 0) is 19.3 Å². The first-order valence-electron chi connectivity index (χ1n) is 5.64. The molecule has 1 unspecified atom stereocenters. The van der Waals surface area contributed by atoms with Gasteiger partial charge in [0.1, 0.15) is 0 Å². The van der Waals surface area contributed by atoms with Crippen LogP contribution in [0, 0.1) is 0 Å². The van der Waals surface area contributed by atoms with Gasteiger partial charge in [0, 0.05) is 32.0 Å². The van der Waals surface area contributed by atoms with E-state index in [1.165, 1.54) is 0 Å². The smallest absolute Gasteiger partial charge is 0.305 e. The van der Waals surface area contributed by atoms with Crippen LogP contribution >= 0.6 is 0 Å². The molecule has 0 radical (unpaired) electrons. The van der Waals surface area contributed by atoms with Crippen LogP contribution in [0.1, 0.15) is 25.7 Å². The lowest BCUT2D eigenvalue weighted by atomic mass is 10.00. The van der Waals surface area contributed by atoms with Gasteiger partial charge in [0.25, 0.3) is 0 Å².